The summed E-state index contributed by atoms with van der Waals surface area (Å²) in [6.45, 7) is 10.2. The Morgan fingerprint density at radius 2 is 1.89 bits per heavy atom. The molecule has 1 unspecified atom stereocenters. The molecule has 0 fully saturated rings. The van der Waals surface area contributed by atoms with E-state index < -0.39 is 0 Å². The van der Waals surface area contributed by atoms with Gasteiger partial charge in [0.25, 0.3) is 11.5 Å². The third-order valence-electron chi connectivity index (χ3n) is 4.93. The fourth-order valence-corrected chi connectivity index (χ4v) is 3.91. The van der Waals surface area contributed by atoms with Gasteiger partial charge in [0.05, 0.1) is 17.0 Å². The number of carbonyl (C=O) groups is 1. The standard InChI is InChI=1S/C19H29N5O2S/c1-10(2)14(20)8-9-23(6)19(26)16-13(5)21-17(27-16)15-11(3)12(4)22-24(7)18(15)25/h10,14H,8-9,20H2,1-7H3. The summed E-state index contributed by atoms with van der Waals surface area (Å²) in [4.78, 5) is 32.2. The van der Waals surface area contributed by atoms with Crippen molar-refractivity contribution in [3.8, 4) is 10.6 Å². The van der Waals surface area contributed by atoms with Crippen molar-refractivity contribution in [2.75, 3.05) is 13.6 Å². The van der Waals surface area contributed by atoms with E-state index in [1.807, 2.05) is 13.8 Å². The number of rotatable bonds is 6. The van der Waals surface area contributed by atoms with Crippen LogP contribution in [0, 0.1) is 26.7 Å². The van der Waals surface area contributed by atoms with E-state index in [1.54, 1.807) is 25.9 Å². The molecule has 1 atom stereocenters. The zero-order chi connectivity index (χ0) is 20.5. The minimum absolute atomic E-state index is 0.0591. The fourth-order valence-electron chi connectivity index (χ4n) is 2.75. The zero-order valence-corrected chi connectivity index (χ0v) is 18.0. The SMILES string of the molecule is Cc1nc(-c2c(C)c(C)nn(C)c2=O)sc1C(=O)N(C)CCC(N)C(C)C. The summed E-state index contributed by atoms with van der Waals surface area (Å²) < 4.78 is 1.31. The molecule has 0 radical (unpaired) electrons. The first-order chi connectivity index (χ1) is 12.5. The second kappa shape index (κ2) is 8.31. The van der Waals surface area contributed by atoms with Crippen LogP contribution < -0.4 is 11.3 Å². The monoisotopic (exact) mass is 391 g/mol. The van der Waals surface area contributed by atoms with Crippen LogP contribution in [-0.2, 0) is 7.05 Å². The van der Waals surface area contributed by atoms with Crippen LogP contribution in [0.4, 0.5) is 0 Å². The molecule has 0 saturated carbocycles. The normalized spacial score (nSPS) is 12.5. The Morgan fingerprint density at radius 3 is 2.48 bits per heavy atom. The number of thiazole rings is 1. The van der Waals surface area contributed by atoms with E-state index in [2.05, 4.69) is 23.9 Å². The highest BCUT2D eigenvalue weighted by Gasteiger charge is 2.23. The molecule has 148 valence electrons. The van der Waals surface area contributed by atoms with Gasteiger partial charge in [-0.15, -0.1) is 11.3 Å². The minimum Gasteiger partial charge on any atom is -0.341 e. The van der Waals surface area contributed by atoms with Gasteiger partial charge in [-0.05, 0) is 38.7 Å². The molecule has 0 spiro atoms. The maximum atomic E-state index is 12.9. The van der Waals surface area contributed by atoms with Gasteiger partial charge in [0, 0.05) is 26.7 Å². The molecule has 2 rings (SSSR count). The lowest BCUT2D eigenvalue weighted by Gasteiger charge is -2.21. The number of aryl methyl sites for hydroxylation is 3. The van der Waals surface area contributed by atoms with E-state index in [0.717, 1.165) is 17.7 Å². The molecular weight excluding hydrogens is 362 g/mol. The lowest BCUT2D eigenvalue weighted by molar-refractivity contribution is 0.0793. The summed E-state index contributed by atoms with van der Waals surface area (Å²) in [6, 6.07) is 0.0591. The molecule has 2 heterocycles. The molecule has 2 aromatic rings. The molecule has 2 N–H and O–H groups in total. The zero-order valence-electron chi connectivity index (χ0n) is 17.2. The Morgan fingerprint density at radius 1 is 1.26 bits per heavy atom. The summed E-state index contributed by atoms with van der Waals surface area (Å²) >= 11 is 1.26. The van der Waals surface area contributed by atoms with Crippen molar-refractivity contribution < 1.29 is 4.79 Å². The third-order valence-corrected chi connectivity index (χ3v) is 6.09. The Kier molecular flexibility index (Phi) is 6.54. The van der Waals surface area contributed by atoms with Crippen LogP contribution in [-0.4, -0.2) is 45.2 Å². The van der Waals surface area contributed by atoms with Gasteiger partial charge in [-0.3, -0.25) is 9.59 Å². The van der Waals surface area contributed by atoms with Crippen molar-refractivity contribution in [3.05, 3.63) is 32.2 Å². The Hall–Kier alpha value is -2.06. The Balaban J connectivity index is 2.32. The Labute approximate surface area is 164 Å². The molecule has 1 amide bonds. The number of carbonyl (C=O) groups excluding carboxylic acids is 1. The molecule has 8 heteroatoms. The van der Waals surface area contributed by atoms with Crippen molar-refractivity contribution in [3.63, 3.8) is 0 Å². The summed E-state index contributed by atoms with van der Waals surface area (Å²) in [7, 11) is 3.39. The van der Waals surface area contributed by atoms with Crippen LogP contribution in [0.5, 0.6) is 0 Å². The summed E-state index contributed by atoms with van der Waals surface area (Å²) in [5, 5.41) is 4.76. The maximum Gasteiger partial charge on any atom is 0.277 e. The predicted molar refractivity (Wildman–Crippen MR) is 109 cm³/mol. The number of aromatic nitrogens is 3. The summed E-state index contributed by atoms with van der Waals surface area (Å²) in [5.74, 6) is 0.284. The van der Waals surface area contributed by atoms with Gasteiger partial charge in [-0.2, -0.15) is 5.10 Å². The molecule has 27 heavy (non-hydrogen) atoms. The number of amides is 1. The molecule has 0 aliphatic heterocycles. The first-order valence-electron chi connectivity index (χ1n) is 9.07. The fraction of sp³-hybridized carbons (Fsp3) is 0.579. The molecule has 0 aliphatic rings. The number of hydrogen-bond donors (Lipinski definition) is 1. The Bertz CT molecular complexity index is 900. The number of nitrogens with two attached hydrogens (primary N) is 1. The molecular formula is C19H29N5O2S. The third kappa shape index (κ3) is 4.44. The van der Waals surface area contributed by atoms with Crippen molar-refractivity contribution >= 4 is 17.2 Å². The quantitative estimate of drug-likeness (QED) is 0.815. The van der Waals surface area contributed by atoms with Crippen LogP contribution >= 0.6 is 11.3 Å². The molecule has 7 nitrogen and oxygen atoms in total. The average Bonchev–Trinajstić information content (AvgIpc) is 2.98. The van der Waals surface area contributed by atoms with Gasteiger partial charge in [0.15, 0.2) is 0 Å². The second-order valence-electron chi connectivity index (χ2n) is 7.37. The average molecular weight is 392 g/mol. The van der Waals surface area contributed by atoms with Crippen molar-refractivity contribution in [2.45, 2.75) is 47.1 Å². The molecule has 0 bridgehead atoms. The van der Waals surface area contributed by atoms with Crippen LogP contribution in [0.3, 0.4) is 0 Å². The number of hydrogen-bond acceptors (Lipinski definition) is 6. The van der Waals surface area contributed by atoms with Gasteiger partial charge in [-0.1, -0.05) is 13.8 Å². The lowest BCUT2D eigenvalue weighted by Crippen LogP contribution is -2.34. The van der Waals surface area contributed by atoms with Crippen molar-refractivity contribution in [2.24, 2.45) is 18.7 Å². The highest BCUT2D eigenvalue weighted by Crippen LogP contribution is 2.29. The second-order valence-corrected chi connectivity index (χ2v) is 8.37. The summed E-state index contributed by atoms with van der Waals surface area (Å²) in [6.07, 6.45) is 0.744. The first-order valence-corrected chi connectivity index (χ1v) is 9.89. The molecule has 0 aliphatic carbocycles. The topological polar surface area (TPSA) is 94.1 Å². The van der Waals surface area contributed by atoms with Gasteiger partial charge >= 0.3 is 0 Å². The van der Waals surface area contributed by atoms with Gasteiger partial charge in [0.1, 0.15) is 9.88 Å². The predicted octanol–water partition coefficient (Wildman–Crippen LogP) is 2.27. The molecule has 0 saturated heterocycles. The lowest BCUT2D eigenvalue weighted by atomic mass is 10.0. The smallest absolute Gasteiger partial charge is 0.277 e. The van der Waals surface area contributed by atoms with Gasteiger partial charge < -0.3 is 10.6 Å². The van der Waals surface area contributed by atoms with Crippen LogP contribution in [0.25, 0.3) is 10.6 Å². The van der Waals surface area contributed by atoms with Crippen LogP contribution in [0.15, 0.2) is 4.79 Å². The summed E-state index contributed by atoms with van der Waals surface area (Å²) in [5.41, 5.74) is 8.59. The highest BCUT2D eigenvalue weighted by atomic mass is 32.1. The van der Waals surface area contributed by atoms with E-state index in [0.29, 0.717) is 33.6 Å². The van der Waals surface area contributed by atoms with E-state index in [9.17, 15) is 9.59 Å². The van der Waals surface area contributed by atoms with E-state index in [4.69, 9.17) is 5.73 Å². The van der Waals surface area contributed by atoms with Crippen LogP contribution in [0.2, 0.25) is 0 Å². The number of nitrogens with zero attached hydrogens (tertiary/aromatic N) is 4. The largest absolute Gasteiger partial charge is 0.341 e. The van der Waals surface area contributed by atoms with Crippen LogP contribution in [0.1, 0.15) is 46.9 Å². The van der Waals surface area contributed by atoms with Crippen molar-refractivity contribution in [1.29, 1.82) is 0 Å². The highest BCUT2D eigenvalue weighted by molar-refractivity contribution is 7.17. The minimum atomic E-state index is -0.206. The molecule has 2 aromatic heterocycles. The molecule has 0 aromatic carbocycles. The van der Waals surface area contributed by atoms with E-state index >= 15 is 0 Å². The van der Waals surface area contributed by atoms with Gasteiger partial charge in [0.2, 0.25) is 0 Å². The van der Waals surface area contributed by atoms with Crippen molar-refractivity contribution in [1.82, 2.24) is 19.7 Å². The van der Waals surface area contributed by atoms with Gasteiger partial charge in [-0.25, -0.2) is 9.67 Å². The first kappa shape index (κ1) is 21.2. The van der Waals surface area contributed by atoms with E-state index in [-0.39, 0.29) is 17.5 Å². The maximum absolute atomic E-state index is 12.9. The van der Waals surface area contributed by atoms with E-state index in [1.165, 1.54) is 16.0 Å².